The SMILES string of the molecule is O=C(C=Cc1cc(Cl)ccc1-n1cnnn1)NC(Cc1cccnc1)C(=O)Nc1ccc(C(=O)O)cc1. The van der Waals surface area contributed by atoms with Crippen LogP contribution in [-0.2, 0) is 16.0 Å². The van der Waals surface area contributed by atoms with Gasteiger partial charge in [-0.3, -0.25) is 14.6 Å². The number of pyridine rings is 1. The van der Waals surface area contributed by atoms with Gasteiger partial charge in [0.25, 0.3) is 0 Å². The lowest BCUT2D eigenvalue weighted by Gasteiger charge is -2.18. The zero-order chi connectivity index (χ0) is 26.2. The Hall–Kier alpha value is -4.90. The molecule has 4 rings (SSSR count). The van der Waals surface area contributed by atoms with Gasteiger partial charge in [0.15, 0.2) is 0 Å². The van der Waals surface area contributed by atoms with Crippen LogP contribution < -0.4 is 10.6 Å². The van der Waals surface area contributed by atoms with Crippen LogP contribution in [0.5, 0.6) is 0 Å². The van der Waals surface area contributed by atoms with Crippen molar-refractivity contribution in [3.8, 4) is 5.69 Å². The van der Waals surface area contributed by atoms with E-state index in [0.29, 0.717) is 22.0 Å². The summed E-state index contributed by atoms with van der Waals surface area (Å²) in [5.41, 5.74) is 2.41. The van der Waals surface area contributed by atoms with Crippen LogP contribution in [0.4, 0.5) is 5.69 Å². The summed E-state index contributed by atoms with van der Waals surface area (Å²) in [7, 11) is 0. The number of halogens is 1. The van der Waals surface area contributed by atoms with Crippen LogP contribution in [0.3, 0.4) is 0 Å². The van der Waals surface area contributed by atoms with E-state index in [9.17, 15) is 14.4 Å². The third-order valence-electron chi connectivity index (χ3n) is 5.19. The van der Waals surface area contributed by atoms with E-state index in [1.54, 1.807) is 48.8 Å². The Balaban J connectivity index is 1.51. The first-order chi connectivity index (χ1) is 17.9. The van der Waals surface area contributed by atoms with Crippen molar-refractivity contribution in [2.24, 2.45) is 0 Å². The van der Waals surface area contributed by atoms with Gasteiger partial charge in [0.05, 0.1) is 11.3 Å². The van der Waals surface area contributed by atoms with Crippen LogP contribution in [0, 0.1) is 0 Å². The van der Waals surface area contributed by atoms with Gasteiger partial charge in [0.2, 0.25) is 11.8 Å². The van der Waals surface area contributed by atoms with E-state index in [2.05, 4.69) is 31.1 Å². The summed E-state index contributed by atoms with van der Waals surface area (Å²) in [6.07, 6.45) is 7.63. The topological polar surface area (TPSA) is 152 Å². The Morgan fingerprint density at radius 2 is 1.92 bits per heavy atom. The molecule has 2 heterocycles. The predicted octanol–water partition coefficient (Wildman–Crippen LogP) is 2.79. The lowest BCUT2D eigenvalue weighted by Crippen LogP contribution is -2.44. The first-order valence-corrected chi connectivity index (χ1v) is 11.3. The highest BCUT2D eigenvalue weighted by Crippen LogP contribution is 2.20. The molecule has 0 saturated carbocycles. The monoisotopic (exact) mass is 517 g/mol. The second-order valence-electron chi connectivity index (χ2n) is 7.79. The fourth-order valence-corrected chi connectivity index (χ4v) is 3.59. The molecule has 0 spiro atoms. The molecule has 4 aromatic rings. The van der Waals surface area contributed by atoms with Crippen LogP contribution in [0.15, 0.2) is 79.4 Å². The van der Waals surface area contributed by atoms with Gasteiger partial charge in [0.1, 0.15) is 12.4 Å². The molecule has 2 aromatic carbocycles. The highest BCUT2D eigenvalue weighted by atomic mass is 35.5. The summed E-state index contributed by atoms with van der Waals surface area (Å²) in [6, 6.07) is 13.3. The van der Waals surface area contributed by atoms with E-state index >= 15 is 0 Å². The predicted molar refractivity (Wildman–Crippen MR) is 135 cm³/mol. The normalized spacial score (nSPS) is 11.7. The zero-order valence-electron chi connectivity index (χ0n) is 19.2. The van der Waals surface area contributed by atoms with E-state index in [0.717, 1.165) is 5.56 Å². The molecule has 0 fully saturated rings. The lowest BCUT2D eigenvalue weighted by atomic mass is 10.1. The number of hydrogen-bond donors (Lipinski definition) is 3. The summed E-state index contributed by atoms with van der Waals surface area (Å²) in [5, 5.41) is 26.0. The maximum Gasteiger partial charge on any atom is 0.335 e. The first kappa shape index (κ1) is 25.2. The number of nitrogens with zero attached hydrogens (tertiary/aromatic N) is 5. The molecule has 3 N–H and O–H groups in total. The Bertz CT molecular complexity index is 1430. The zero-order valence-corrected chi connectivity index (χ0v) is 19.9. The molecule has 1 unspecified atom stereocenters. The third-order valence-corrected chi connectivity index (χ3v) is 5.43. The van der Waals surface area contributed by atoms with Crippen molar-refractivity contribution in [2.75, 3.05) is 5.32 Å². The maximum absolute atomic E-state index is 13.1. The minimum absolute atomic E-state index is 0.0883. The van der Waals surface area contributed by atoms with Crippen molar-refractivity contribution in [3.63, 3.8) is 0 Å². The molecule has 0 aliphatic carbocycles. The lowest BCUT2D eigenvalue weighted by molar-refractivity contribution is -0.123. The number of aromatic nitrogens is 5. The summed E-state index contributed by atoms with van der Waals surface area (Å²) in [6.45, 7) is 0. The van der Waals surface area contributed by atoms with Gasteiger partial charge in [-0.1, -0.05) is 17.7 Å². The highest BCUT2D eigenvalue weighted by Gasteiger charge is 2.21. The average molecular weight is 518 g/mol. The van der Waals surface area contributed by atoms with Crippen LogP contribution >= 0.6 is 11.6 Å². The van der Waals surface area contributed by atoms with Crippen LogP contribution in [0.1, 0.15) is 21.5 Å². The third kappa shape index (κ3) is 6.83. The molecular weight excluding hydrogens is 498 g/mol. The number of carbonyl (C=O) groups excluding carboxylic acids is 2. The van der Waals surface area contributed by atoms with Gasteiger partial charge < -0.3 is 15.7 Å². The molecule has 0 bridgehead atoms. The molecule has 2 amide bonds. The molecule has 1 atom stereocenters. The largest absolute Gasteiger partial charge is 0.478 e. The number of hydrogen-bond acceptors (Lipinski definition) is 7. The molecule has 11 nitrogen and oxygen atoms in total. The molecule has 0 aliphatic rings. The smallest absolute Gasteiger partial charge is 0.335 e. The molecule has 2 aromatic heterocycles. The number of benzene rings is 2. The number of carbonyl (C=O) groups is 3. The van der Waals surface area contributed by atoms with Gasteiger partial charge >= 0.3 is 5.97 Å². The quantitative estimate of drug-likeness (QED) is 0.286. The Kier molecular flexibility index (Phi) is 7.96. The van der Waals surface area contributed by atoms with Gasteiger partial charge in [0, 0.05) is 41.2 Å². The number of aromatic carboxylic acids is 1. The molecule has 186 valence electrons. The minimum Gasteiger partial charge on any atom is -0.478 e. The van der Waals surface area contributed by atoms with Crippen molar-refractivity contribution in [1.82, 2.24) is 30.5 Å². The van der Waals surface area contributed by atoms with Gasteiger partial charge in [-0.15, -0.1) is 5.10 Å². The molecule has 0 aliphatic heterocycles. The number of anilines is 1. The number of tetrazole rings is 1. The van der Waals surface area contributed by atoms with Crippen molar-refractivity contribution >= 4 is 41.1 Å². The summed E-state index contributed by atoms with van der Waals surface area (Å²) < 4.78 is 1.43. The summed E-state index contributed by atoms with van der Waals surface area (Å²) in [4.78, 5) is 41.0. The van der Waals surface area contributed by atoms with Crippen molar-refractivity contribution < 1.29 is 19.5 Å². The molecule has 0 saturated heterocycles. The van der Waals surface area contributed by atoms with E-state index in [1.807, 2.05) is 0 Å². The average Bonchev–Trinajstić information content (AvgIpc) is 3.43. The second-order valence-corrected chi connectivity index (χ2v) is 8.23. The fraction of sp³-hybridized carbons (Fsp3) is 0.0800. The first-order valence-electron chi connectivity index (χ1n) is 10.9. The van der Waals surface area contributed by atoms with Crippen molar-refractivity contribution in [3.05, 3.63) is 101 Å². The maximum atomic E-state index is 13.1. The molecule has 37 heavy (non-hydrogen) atoms. The Morgan fingerprint density at radius 1 is 1.11 bits per heavy atom. The summed E-state index contributed by atoms with van der Waals surface area (Å²) >= 11 is 6.13. The number of carboxylic acids is 1. The minimum atomic E-state index is -1.07. The van der Waals surface area contributed by atoms with E-state index in [4.69, 9.17) is 16.7 Å². The molecule has 12 heteroatoms. The molecule has 0 radical (unpaired) electrons. The van der Waals surface area contributed by atoms with Crippen molar-refractivity contribution in [2.45, 2.75) is 12.5 Å². The highest BCUT2D eigenvalue weighted by molar-refractivity contribution is 6.30. The Morgan fingerprint density at radius 3 is 2.59 bits per heavy atom. The van der Waals surface area contributed by atoms with Crippen LogP contribution in [-0.4, -0.2) is 54.1 Å². The number of nitrogens with one attached hydrogen (secondary N) is 2. The van der Waals surface area contributed by atoms with Crippen LogP contribution in [0.25, 0.3) is 11.8 Å². The van der Waals surface area contributed by atoms with Gasteiger partial charge in [-0.2, -0.15) is 4.68 Å². The standard InChI is InChI=1S/C25H20ClN7O4/c26-19-6-9-22(33-15-28-31-32-33)18(13-19)5-10-23(34)30-21(12-16-2-1-11-27-14-16)24(35)29-20-7-3-17(4-8-20)25(36)37/h1-11,13-15,21H,12H2,(H,29,35)(H,30,34)(H,36,37). The summed E-state index contributed by atoms with van der Waals surface area (Å²) in [5.74, 6) is -2.08. The molecular formula is C25H20ClN7O4. The number of amides is 2. The van der Waals surface area contributed by atoms with E-state index in [1.165, 1.54) is 41.4 Å². The van der Waals surface area contributed by atoms with E-state index in [-0.39, 0.29) is 12.0 Å². The number of rotatable bonds is 9. The van der Waals surface area contributed by atoms with Gasteiger partial charge in [-0.05, 0) is 70.6 Å². The fourth-order valence-electron chi connectivity index (χ4n) is 3.41. The Labute approximate surface area is 215 Å². The van der Waals surface area contributed by atoms with Gasteiger partial charge in [-0.25, -0.2) is 4.79 Å². The van der Waals surface area contributed by atoms with E-state index < -0.39 is 23.8 Å². The second kappa shape index (κ2) is 11.7. The van der Waals surface area contributed by atoms with Crippen LogP contribution in [0.2, 0.25) is 5.02 Å². The van der Waals surface area contributed by atoms with Crippen molar-refractivity contribution in [1.29, 1.82) is 0 Å². The number of carboxylic acid groups (broad SMARTS) is 1.